The van der Waals surface area contributed by atoms with Crippen LogP contribution >= 0.6 is 23.4 Å². The van der Waals surface area contributed by atoms with E-state index in [1.807, 2.05) is 0 Å². The van der Waals surface area contributed by atoms with E-state index in [9.17, 15) is 13.2 Å². The van der Waals surface area contributed by atoms with E-state index in [-0.39, 0.29) is 5.03 Å². The molecule has 0 saturated carbocycles. The van der Waals surface area contributed by atoms with Gasteiger partial charge in [0.1, 0.15) is 5.03 Å². The minimum absolute atomic E-state index is 0.252. The molecule has 6 nitrogen and oxygen atoms in total. The van der Waals surface area contributed by atoms with Gasteiger partial charge in [-0.1, -0.05) is 11.6 Å². The smallest absolute Gasteiger partial charge is 0.270 e. The molecule has 0 atom stereocenters. The third kappa shape index (κ3) is 4.22. The Bertz CT molecular complexity index is 1120. The number of aromatic nitrogens is 6. The Kier molecular flexibility index (Phi) is 5.20. The van der Waals surface area contributed by atoms with E-state index in [4.69, 9.17) is 11.6 Å². The van der Waals surface area contributed by atoms with Gasteiger partial charge in [-0.25, -0.2) is 0 Å². The first-order valence-corrected chi connectivity index (χ1v) is 9.32. The van der Waals surface area contributed by atoms with Crippen LogP contribution in [0.25, 0.3) is 17.1 Å². The molecule has 0 aliphatic heterocycles. The number of benzene rings is 1. The molecule has 0 radical (unpaired) electrons. The summed E-state index contributed by atoms with van der Waals surface area (Å²) in [5, 5.41) is 16.6. The van der Waals surface area contributed by atoms with Crippen molar-refractivity contribution in [2.75, 3.05) is 0 Å². The molecule has 0 N–H and O–H groups in total. The van der Waals surface area contributed by atoms with Crippen molar-refractivity contribution in [2.45, 2.75) is 16.4 Å². The van der Waals surface area contributed by atoms with E-state index in [0.29, 0.717) is 16.0 Å². The van der Waals surface area contributed by atoms with Crippen LogP contribution in [0.3, 0.4) is 0 Å². The number of hydrogen-bond donors (Lipinski definition) is 0. The van der Waals surface area contributed by atoms with Crippen molar-refractivity contribution < 1.29 is 13.2 Å². The second-order valence-corrected chi connectivity index (χ2v) is 7.13. The monoisotopic (exact) mass is 434 g/mol. The molecule has 3 heterocycles. The molecular weight excluding hydrogens is 425 g/mol. The van der Waals surface area contributed by atoms with Crippen LogP contribution in [0.4, 0.5) is 13.2 Å². The molecule has 4 rings (SSSR count). The first kappa shape index (κ1) is 19.3. The molecule has 29 heavy (non-hydrogen) atoms. The Morgan fingerprint density at radius 1 is 0.828 bits per heavy atom. The Morgan fingerprint density at radius 3 is 2.17 bits per heavy atom. The van der Waals surface area contributed by atoms with E-state index in [1.165, 1.54) is 6.07 Å². The number of rotatable bonds is 4. The summed E-state index contributed by atoms with van der Waals surface area (Å²) in [7, 11) is 0. The summed E-state index contributed by atoms with van der Waals surface area (Å²) in [4.78, 5) is 4.00. The molecule has 146 valence electrons. The van der Waals surface area contributed by atoms with E-state index in [2.05, 4.69) is 25.4 Å². The van der Waals surface area contributed by atoms with Crippen LogP contribution < -0.4 is 0 Å². The van der Waals surface area contributed by atoms with Crippen LogP contribution in [0.1, 0.15) is 5.69 Å². The molecule has 0 amide bonds. The second-order valence-electron chi connectivity index (χ2n) is 5.71. The summed E-state index contributed by atoms with van der Waals surface area (Å²) < 4.78 is 39.9. The van der Waals surface area contributed by atoms with Crippen molar-refractivity contribution >= 4 is 23.4 Å². The third-order valence-electron chi connectivity index (χ3n) is 3.78. The number of halogens is 4. The van der Waals surface area contributed by atoms with Gasteiger partial charge in [0.2, 0.25) is 5.16 Å². The minimum Gasteiger partial charge on any atom is -0.270 e. The second kappa shape index (κ2) is 7.80. The van der Waals surface area contributed by atoms with Gasteiger partial charge in [0.15, 0.2) is 11.5 Å². The van der Waals surface area contributed by atoms with Gasteiger partial charge in [-0.05, 0) is 60.3 Å². The highest BCUT2D eigenvalue weighted by atomic mass is 35.5. The van der Waals surface area contributed by atoms with Crippen molar-refractivity contribution in [1.29, 1.82) is 0 Å². The van der Waals surface area contributed by atoms with Crippen LogP contribution in [-0.2, 0) is 6.18 Å². The maximum absolute atomic E-state index is 12.7. The first-order chi connectivity index (χ1) is 13.9. The van der Waals surface area contributed by atoms with Crippen LogP contribution in [0.5, 0.6) is 0 Å². The standard InChI is InChI=1S/C18H10ClF3N6S/c19-12-1-3-13(4-2-12)28-16(11-7-9-23-10-8-11)26-27-17(28)29-15-6-5-14(24-25-15)18(20,21)22/h1-10H. The van der Waals surface area contributed by atoms with E-state index < -0.39 is 11.9 Å². The maximum Gasteiger partial charge on any atom is 0.435 e. The minimum atomic E-state index is -4.55. The molecule has 0 spiro atoms. The average Bonchev–Trinajstić information content (AvgIpc) is 3.12. The SMILES string of the molecule is FC(F)(F)c1ccc(Sc2nnc(-c3ccncc3)n2-c2ccc(Cl)cc2)nn1. The average molecular weight is 435 g/mol. The van der Waals surface area contributed by atoms with Crippen molar-refractivity contribution in [1.82, 2.24) is 29.9 Å². The molecule has 0 saturated heterocycles. The fourth-order valence-corrected chi connectivity index (χ4v) is 3.36. The lowest BCUT2D eigenvalue weighted by Gasteiger charge is -2.10. The van der Waals surface area contributed by atoms with Gasteiger partial charge in [-0.3, -0.25) is 9.55 Å². The zero-order chi connectivity index (χ0) is 20.4. The lowest BCUT2D eigenvalue weighted by Crippen LogP contribution is -2.08. The summed E-state index contributed by atoms with van der Waals surface area (Å²) in [6, 6.07) is 12.7. The van der Waals surface area contributed by atoms with E-state index in [0.717, 1.165) is 29.1 Å². The van der Waals surface area contributed by atoms with Crippen molar-refractivity contribution in [3.05, 3.63) is 71.6 Å². The topological polar surface area (TPSA) is 69.4 Å². The Morgan fingerprint density at radius 2 is 1.55 bits per heavy atom. The predicted octanol–water partition coefficient (Wildman–Crippen LogP) is 4.94. The summed E-state index contributed by atoms with van der Waals surface area (Å²) in [5.74, 6) is 0.539. The summed E-state index contributed by atoms with van der Waals surface area (Å²) in [5.41, 5.74) is 0.444. The Labute approximate surface area is 171 Å². The van der Waals surface area contributed by atoms with Gasteiger partial charge >= 0.3 is 6.18 Å². The van der Waals surface area contributed by atoms with E-state index >= 15 is 0 Å². The van der Waals surface area contributed by atoms with Crippen LogP contribution in [-0.4, -0.2) is 29.9 Å². The first-order valence-electron chi connectivity index (χ1n) is 8.12. The van der Waals surface area contributed by atoms with Crippen LogP contribution in [0.2, 0.25) is 5.02 Å². The van der Waals surface area contributed by atoms with Gasteiger partial charge < -0.3 is 0 Å². The number of alkyl halides is 3. The molecule has 0 unspecified atom stereocenters. The molecular formula is C18H10ClF3N6S. The summed E-state index contributed by atoms with van der Waals surface area (Å²) >= 11 is 7.03. The Hall–Kier alpha value is -2.98. The third-order valence-corrected chi connectivity index (χ3v) is 4.91. The molecule has 0 fully saturated rings. The maximum atomic E-state index is 12.7. The molecule has 4 aromatic rings. The van der Waals surface area contributed by atoms with Crippen molar-refractivity contribution in [3.63, 3.8) is 0 Å². The number of hydrogen-bond acceptors (Lipinski definition) is 6. The molecule has 0 bridgehead atoms. The van der Waals surface area contributed by atoms with Crippen LogP contribution in [0.15, 0.2) is 71.1 Å². The Balaban J connectivity index is 1.75. The molecule has 3 aromatic heterocycles. The van der Waals surface area contributed by atoms with E-state index in [1.54, 1.807) is 53.4 Å². The highest BCUT2D eigenvalue weighted by Gasteiger charge is 2.33. The quantitative estimate of drug-likeness (QED) is 0.453. The van der Waals surface area contributed by atoms with Crippen molar-refractivity contribution in [3.8, 4) is 17.1 Å². The van der Waals surface area contributed by atoms with Crippen molar-refractivity contribution in [2.24, 2.45) is 0 Å². The van der Waals surface area contributed by atoms with Gasteiger partial charge in [0.05, 0.1) is 0 Å². The van der Waals surface area contributed by atoms with Gasteiger partial charge in [0.25, 0.3) is 0 Å². The highest BCUT2D eigenvalue weighted by Crippen LogP contribution is 2.33. The van der Waals surface area contributed by atoms with Gasteiger partial charge in [0, 0.05) is 28.7 Å². The lowest BCUT2D eigenvalue weighted by molar-refractivity contribution is -0.141. The van der Waals surface area contributed by atoms with Gasteiger partial charge in [-0.15, -0.1) is 20.4 Å². The lowest BCUT2D eigenvalue weighted by atomic mass is 10.2. The molecule has 1 aromatic carbocycles. The largest absolute Gasteiger partial charge is 0.435 e. The van der Waals surface area contributed by atoms with Crippen LogP contribution in [0, 0.1) is 0 Å². The summed E-state index contributed by atoms with van der Waals surface area (Å²) in [6.07, 6.45) is -1.29. The zero-order valence-corrected chi connectivity index (χ0v) is 15.9. The predicted molar refractivity (Wildman–Crippen MR) is 101 cm³/mol. The number of pyridine rings is 1. The fourth-order valence-electron chi connectivity index (χ4n) is 2.47. The molecule has 11 heteroatoms. The molecule has 0 aliphatic rings. The summed E-state index contributed by atoms with van der Waals surface area (Å²) in [6.45, 7) is 0. The number of nitrogens with zero attached hydrogens (tertiary/aromatic N) is 6. The fraction of sp³-hybridized carbons (Fsp3) is 0.0556. The highest BCUT2D eigenvalue weighted by molar-refractivity contribution is 7.99. The van der Waals surface area contributed by atoms with Gasteiger partial charge in [-0.2, -0.15) is 13.2 Å². The molecule has 0 aliphatic carbocycles. The zero-order valence-electron chi connectivity index (χ0n) is 14.4. The normalized spacial score (nSPS) is 11.6.